The van der Waals surface area contributed by atoms with Crippen molar-refractivity contribution in [1.29, 1.82) is 0 Å². The van der Waals surface area contributed by atoms with Crippen LogP contribution < -0.4 is 5.32 Å². The first-order valence-electron chi connectivity index (χ1n) is 7.15. The predicted molar refractivity (Wildman–Crippen MR) is 88.1 cm³/mol. The Labute approximate surface area is 132 Å². The predicted octanol–water partition coefficient (Wildman–Crippen LogP) is 3.00. The van der Waals surface area contributed by atoms with Gasteiger partial charge in [0.1, 0.15) is 0 Å². The van der Waals surface area contributed by atoms with Gasteiger partial charge in [0, 0.05) is 25.0 Å². The van der Waals surface area contributed by atoms with Gasteiger partial charge >= 0.3 is 0 Å². The van der Waals surface area contributed by atoms with Crippen LogP contribution in [0, 0.1) is 6.92 Å². The molecule has 112 valence electrons. The number of carbonyl (C=O) groups is 1. The number of hydrogen-bond donors (Lipinski definition) is 1. The third-order valence-corrected chi connectivity index (χ3v) is 5.70. The first-order chi connectivity index (χ1) is 10.1. The quantitative estimate of drug-likeness (QED) is 0.945. The highest BCUT2D eigenvalue weighted by atomic mass is 32.1. The molecule has 0 radical (unpaired) electrons. The summed E-state index contributed by atoms with van der Waals surface area (Å²) >= 11 is 3.17. The fourth-order valence-corrected chi connectivity index (χ4v) is 4.21. The second kappa shape index (κ2) is 6.25. The molecule has 4 nitrogen and oxygen atoms in total. The zero-order valence-corrected chi connectivity index (χ0v) is 13.9. The Balaban J connectivity index is 1.74. The van der Waals surface area contributed by atoms with Gasteiger partial charge in [-0.25, -0.2) is 4.98 Å². The van der Waals surface area contributed by atoms with E-state index in [4.69, 9.17) is 0 Å². The lowest BCUT2D eigenvalue weighted by Crippen LogP contribution is -2.46. The molecule has 1 unspecified atom stereocenters. The van der Waals surface area contributed by atoms with Crippen molar-refractivity contribution in [3.05, 3.63) is 27.4 Å². The molecule has 3 rings (SSSR count). The summed E-state index contributed by atoms with van der Waals surface area (Å²) in [5.74, 6) is 0.118. The summed E-state index contributed by atoms with van der Waals surface area (Å²) < 4.78 is 0. The summed E-state index contributed by atoms with van der Waals surface area (Å²) in [6, 6.07) is 4.22. The third kappa shape index (κ3) is 3.17. The largest absolute Gasteiger partial charge is 0.337 e. The molecule has 0 bridgehead atoms. The lowest BCUT2D eigenvalue weighted by molar-refractivity contribution is 0.0713. The minimum absolute atomic E-state index is 0.118. The first-order valence-corrected chi connectivity index (χ1v) is 8.85. The molecule has 0 saturated carbocycles. The number of amides is 1. The summed E-state index contributed by atoms with van der Waals surface area (Å²) in [6.45, 7) is 3.95. The minimum atomic E-state index is 0.118. The van der Waals surface area contributed by atoms with Crippen LogP contribution in [0.1, 0.15) is 27.5 Å². The minimum Gasteiger partial charge on any atom is -0.337 e. The van der Waals surface area contributed by atoms with E-state index in [0.29, 0.717) is 6.04 Å². The molecule has 1 saturated heterocycles. The van der Waals surface area contributed by atoms with Crippen LogP contribution in [0.15, 0.2) is 17.5 Å². The molecular formula is C15H19N3OS2. The molecule has 0 aromatic carbocycles. The van der Waals surface area contributed by atoms with Gasteiger partial charge in [0.25, 0.3) is 5.91 Å². The summed E-state index contributed by atoms with van der Waals surface area (Å²) in [5, 5.41) is 6.46. The van der Waals surface area contributed by atoms with Gasteiger partial charge in [-0.05, 0) is 38.4 Å². The molecule has 2 aromatic heterocycles. The highest BCUT2D eigenvalue weighted by Gasteiger charge is 2.24. The van der Waals surface area contributed by atoms with E-state index in [2.05, 4.69) is 10.3 Å². The van der Waals surface area contributed by atoms with Crippen LogP contribution >= 0.6 is 22.7 Å². The Morgan fingerprint density at radius 2 is 2.33 bits per heavy atom. The SMILES string of the molecule is Cc1nc(-c2ccc(C(=O)N(C)C3CCCNC3)s2)cs1. The molecule has 2 aromatic rings. The van der Waals surface area contributed by atoms with E-state index in [-0.39, 0.29) is 5.91 Å². The van der Waals surface area contributed by atoms with Gasteiger partial charge in [-0.1, -0.05) is 0 Å². The monoisotopic (exact) mass is 321 g/mol. The molecular weight excluding hydrogens is 302 g/mol. The van der Waals surface area contributed by atoms with E-state index in [1.807, 2.05) is 36.4 Å². The number of nitrogens with zero attached hydrogens (tertiary/aromatic N) is 2. The van der Waals surface area contributed by atoms with Crippen molar-refractivity contribution in [3.63, 3.8) is 0 Å². The summed E-state index contributed by atoms with van der Waals surface area (Å²) in [5.41, 5.74) is 0.975. The van der Waals surface area contributed by atoms with Crippen LogP contribution in [-0.2, 0) is 0 Å². The van der Waals surface area contributed by atoms with Crippen molar-refractivity contribution >= 4 is 28.6 Å². The van der Waals surface area contributed by atoms with Gasteiger partial charge in [-0.3, -0.25) is 4.79 Å². The highest BCUT2D eigenvalue weighted by Crippen LogP contribution is 2.30. The number of aromatic nitrogens is 1. The second-order valence-corrected chi connectivity index (χ2v) is 7.48. The molecule has 3 heterocycles. The molecule has 1 aliphatic rings. The third-order valence-electron chi connectivity index (χ3n) is 3.83. The van der Waals surface area contributed by atoms with Gasteiger partial charge < -0.3 is 10.2 Å². The normalized spacial score (nSPS) is 18.7. The van der Waals surface area contributed by atoms with Gasteiger partial charge in [0.2, 0.25) is 0 Å². The number of thiophene rings is 1. The Morgan fingerprint density at radius 3 is 3.00 bits per heavy atom. The number of thiazole rings is 1. The Morgan fingerprint density at radius 1 is 1.48 bits per heavy atom. The van der Waals surface area contributed by atoms with Gasteiger partial charge in [-0.15, -0.1) is 22.7 Å². The molecule has 1 aliphatic heterocycles. The zero-order valence-electron chi connectivity index (χ0n) is 12.3. The number of likely N-dealkylation sites (N-methyl/N-ethyl adjacent to an activating group) is 1. The van der Waals surface area contributed by atoms with Crippen molar-refractivity contribution in [2.75, 3.05) is 20.1 Å². The van der Waals surface area contributed by atoms with E-state index in [9.17, 15) is 4.79 Å². The Hall–Kier alpha value is -1.24. The molecule has 1 amide bonds. The van der Waals surface area contributed by atoms with Crippen LogP contribution in [-0.4, -0.2) is 42.0 Å². The topological polar surface area (TPSA) is 45.2 Å². The van der Waals surface area contributed by atoms with Gasteiger partial charge in [-0.2, -0.15) is 0 Å². The van der Waals surface area contributed by atoms with E-state index >= 15 is 0 Å². The molecule has 6 heteroatoms. The van der Waals surface area contributed by atoms with Crippen LogP contribution in [0.4, 0.5) is 0 Å². The molecule has 21 heavy (non-hydrogen) atoms. The summed E-state index contributed by atoms with van der Waals surface area (Å²) in [4.78, 5) is 20.8. The van der Waals surface area contributed by atoms with Crippen molar-refractivity contribution in [2.24, 2.45) is 0 Å². The summed E-state index contributed by atoms with van der Waals surface area (Å²) in [7, 11) is 1.91. The zero-order chi connectivity index (χ0) is 14.8. The molecule has 0 spiro atoms. The van der Waals surface area contributed by atoms with Crippen LogP contribution in [0.3, 0.4) is 0 Å². The highest BCUT2D eigenvalue weighted by molar-refractivity contribution is 7.17. The standard InChI is InChI=1S/C15H19N3OS2/c1-10-17-12(9-20-10)13-5-6-14(21-13)15(19)18(2)11-4-3-7-16-8-11/h5-6,9,11,16H,3-4,7-8H2,1-2H3. The fourth-order valence-electron chi connectivity index (χ4n) is 2.57. The van der Waals surface area contributed by atoms with Crippen LogP contribution in [0.5, 0.6) is 0 Å². The Bertz CT molecular complexity index is 628. The lowest BCUT2D eigenvalue weighted by Gasteiger charge is -2.31. The average molecular weight is 321 g/mol. The maximum Gasteiger partial charge on any atom is 0.263 e. The second-order valence-electron chi connectivity index (χ2n) is 5.33. The number of nitrogens with one attached hydrogen (secondary N) is 1. The smallest absolute Gasteiger partial charge is 0.263 e. The van der Waals surface area contributed by atoms with Crippen LogP contribution in [0.25, 0.3) is 10.6 Å². The molecule has 1 fully saturated rings. The van der Waals surface area contributed by atoms with E-state index < -0.39 is 0 Å². The Kier molecular flexibility index (Phi) is 4.37. The number of hydrogen-bond acceptors (Lipinski definition) is 5. The van der Waals surface area contributed by atoms with Crippen molar-refractivity contribution in [2.45, 2.75) is 25.8 Å². The maximum absolute atomic E-state index is 12.6. The van der Waals surface area contributed by atoms with E-state index in [1.165, 1.54) is 11.3 Å². The molecule has 1 atom stereocenters. The lowest BCUT2D eigenvalue weighted by atomic mass is 10.1. The number of carbonyl (C=O) groups excluding carboxylic acids is 1. The maximum atomic E-state index is 12.6. The fraction of sp³-hybridized carbons (Fsp3) is 0.467. The van der Waals surface area contributed by atoms with E-state index in [0.717, 1.165) is 46.4 Å². The van der Waals surface area contributed by atoms with Crippen molar-refractivity contribution < 1.29 is 4.79 Å². The molecule has 0 aliphatic carbocycles. The average Bonchev–Trinajstić information content (AvgIpc) is 3.15. The first kappa shape index (κ1) is 14.7. The van der Waals surface area contributed by atoms with E-state index in [1.54, 1.807) is 11.3 Å². The molecule has 1 N–H and O–H groups in total. The number of aryl methyl sites for hydroxylation is 1. The van der Waals surface area contributed by atoms with Crippen molar-refractivity contribution in [1.82, 2.24) is 15.2 Å². The van der Waals surface area contributed by atoms with Gasteiger partial charge in [0.15, 0.2) is 0 Å². The van der Waals surface area contributed by atoms with Crippen LogP contribution in [0.2, 0.25) is 0 Å². The number of piperidine rings is 1. The van der Waals surface area contributed by atoms with Crippen molar-refractivity contribution in [3.8, 4) is 10.6 Å². The number of rotatable bonds is 3. The summed E-state index contributed by atoms with van der Waals surface area (Å²) in [6.07, 6.45) is 2.22. The van der Waals surface area contributed by atoms with Gasteiger partial charge in [0.05, 0.1) is 20.5 Å².